The molecule has 0 saturated carbocycles. The molecular weight excluding hydrogens is 328 g/mol. The van der Waals surface area contributed by atoms with Crippen LogP contribution in [0, 0.1) is 11.6 Å². The second kappa shape index (κ2) is 7.74. The van der Waals surface area contributed by atoms with Crippen LogP contribution in [0.5, 0.6) is 0 Å². The van der Waals surface area contributed by atoms with Crippen LogP contribution in [0.3, 0.4) is 0 Å². The van der Waals surface area contributed by atoms with E-state index in [1.165, 1.54) is 12.3 Å². The predicted octanol–water partition coefficient (Wildman–Crippen LogP) is 2.76. The first-order chi connectivity index (χ1) is 12.0. The zero-order valence-corrected chi connectivity index (χ0v) is 14.1. The number of benzene rings is 1. The van der Waals surface area contributed by atoms with E-state index in [9.17, 15) is 13.6 Å². The van der Waals surface area contributed by atoms with Gasteiger partial charge in [-0.2, -0.15) is 0 Å². The largest absolute Gasteiger partial charge is 0.441 e. The molecule has 0 radical (unpaired) electrons. The van der Waals surface area contributed by atoms with E-state index in [4.69, 9.17) is 4.42 Å². The SMILES string of the molecule is CN(C(=O)CCc1ncc(-c2ccc(F)cc2F)o1)C1CCNCC1. The molecular formula is C18H21F2N3O2. The van der Waals surface area contributed by atoms with Gasteiger partial charge in [-0.15, -0.1) is 0 Å². The molecule has 2 heterocycles. The Labute approximate surface area is 145 Å². The quantitative estimate of drug-likeness (QED) is 0.902. The lowest BCUT2D eigenvalue weighted by atomic mass is 10.0. The molecule has 0 unspecified atom stereocenters. The summed E-state index contributed by atoms with van der Waals surface area (Å²) >= 11 is 0. The molecule has 1 saturated heterocycles. The first-order valence-electron chi connectivity index (χ1n) is 8.41. The van der Waals surface area contributed by atoms with Gasteiger partial charge in [-0.25, -0.2) is 13.8 Å². The third kappa shape index (κ3) is 4.22. The molecule has 0 bridgehead atoms. The monoisotopic (exact) mass is 349 g/mol. The average Bonchev–Trinajstić information content (AvgIpc) is 3.08. The normalized spacial score (nSPS) is 15.3. The van der Waals surface area contributed by atoms with Gasteiger partial charge in [-0.05, 0) is 38.1 Å². The van der Waals surface area contributed by atoms with Crippen LogP contribution in [0.1, 0.15) is 25.2 Å². The van der Waals surface area contributed by atoms with E-state index < -0.39 is 11.6 Å². The van der Waals surface area contributed by atoms with Gasteiger partial charge in [0, 0.05) is 32.0 Å². The van der Waals surface area contributed by atoms with Crippen molar-refractivity contribution in [1.82, 2.24) is 15.2 Å². The highest BCUT2D eigenvalue weighted by atomic mass is 19.1. The molecule has 0 spiro atoms. The van der Waals surface area contributed by atoms with Crippen LogP contribution in [0.4, 0.5) is 8.78 Å². The number of piperidine rings is 1. The molecule has 2 aromatic rings. The van der Waals surface area contributed by atoms with Gasteiger partial charge in [0.2, 0.25) is 5.91 Å². The Bertz CT molecular complexity index is 742. The van der Waals surface area contributed by atoms with E-state index in [1.807, 2.05) is 7.05 Å². The summed E-state index contributed by atoms with van der Waals surface area (Å²) in [6.45, 7) is 1.85. The number of nitrogens with zero attached hydrogens (tertiary/aromatic N) is 2. The molecule has 1 N–H and O–H groups in total. The summed E-state index contributed by atoms with van der Waals surface area (Å²) < 4.78 is 32.3. The molecule has 1 aromatic heterocycles. The summed E-state index contributed by atoms with van der Waals surface area (Å²) in [5, 5.41) is 3.28. The van der Waals surface area contributed by atoms with E-state index in [2.05, 4.69) is 10.3 Å². The average molecular weight is 349 g/mol. The zero-order chi connectivity index (χ0) is 17.8. The van der Waals surface area contributed by atoms with Gasteiger partial charge < -0.3 is 14.6 Å². The third-order valence-corrected chi connectivity index (χ3v) is 4.55. The summed E-state index contributed by atoms with van der Waals surface area (Å²) in [5.74, 6) is -0.714. The van der Waals surface area contributed by atoms with E-state index in [-0.39, 0.29) is 29.7 Å². The van der Waals surface area contributed by atoms with Crippen molar-refractivity contribution in [2.24, 2.45) is 0 Å². The molecule has 7 heteroatoms. The van der Waals surface area contributed by atoms with E-state index >= 15 is 0 Å². The van der Waals surface area contributed by atoms with Crippen LogP contribution in [0.2, 0.25) is 0 Å². The van der Waals surface area contributed by atoms with Crippen LogP contribution >= 0.6 is 0 Å². The lowest BCUT2D eigenvalue weighted by Gasteiger charge is -2.31. The summed E-state index contributed by atoms with van der Waals surface area (Å²) in [6, 6.07) is 3.54. The Hall–Kier alpha value is -2.28. The van der Waals surface area contributed by atoms with Crippen LogP contribution in [0.15, 0.2) is 28.8 Å². The fourth-order valence-corrected chi connectivity index (χ4v) is 3.03. The van der Waals surface area contributed by atoms with Crippen molar-refractivity contribution in [3.63, 3.8) is 0 Å². The van der Waals surface area contributed by atoms with Crippen LogP contribution < -0.4 is 5.32 Å². The minimum atomic E-state index is -0.704. The van der Waals surface area contributed by atoms with Crippen LogP contribution in [0.25, 0.3) is 11.3 Å². The Morgan fingerprint density at radius 1 is 1.36 bits per heavy atom. The predicted molar refractivity (Wildman–Crippen MR) is 88.8 cm³/mol. The number of aromatic nitrogens is 1. The smallest absolute Gasteiger partial charge is 0.223 e. The van der Waals surface area contributed by atoms with Gasteiger partial charge in [0.15, 0.2) is 11.7 Å². The summed E-state index contributed by atoms with van der Waals surface area (Å²) in [7, 11) is 1.83. The number of amides is 1. The Morgan fingerprint density at radius 2 is 2.12 bits per heavy atom. The van der Waals surface area contributed by atoms with Gasteiger partial charge in [0.1, 0.15) is 11.6 Å². The molecule has 1 aliphatic rings. The highest BCUT2D eigenvalue weighted by Gasteiger charge is 2.22. The molecule has 0 aliphatic carbocycles. The first-order valence-corrected chi connectivity index (χ1v) is 8.41. The summed E-state index contributed by atoms with van der Waals surface area (Å²) in [5.41, 5.74) is 0.151. The van der Waals surface area contributed by atoms with Gasteiger partial charge in [0.05, 0.1) is 11.8 Å². The molecule has 5 nitrogen and oxygen atoms in total. The maximum absolute atomic E-state index is 13.8. The van der Waals surface area contributed by atoms with Gasteiger partial charge in [-0.3, -0.25) is 4.79 Å². The van der Waals surface area contributed by atoms with Crippen molar-refractivity contribution in [1.29, 1.82) is 0 Å². The fourth-order valence-electron chi connectivity index (χ4n) is 3.03. The molecule has 134 valence electrons. The van der Waals surface area contributed by atoms with Crippen LogP contribution in [-0.2, 0) is 11.2 Å². The number of rotatable bonds is 5. The van der Waals surface area contributed by atoms with Crippen molar-refractivity contribution >= 4 is 5.91 Å². The lowest BCUT2D eigenvalue weighted by Crippen LogP contribution is -2.44. The molecule has 1 aromatic carbocycles. The maximum atomic E-state index is 13.8. The van der Waals surface area contributed by atoms with Gasteiger partial charge >= 0.3 is 0 Å². The molecule has 1 amide bonds. The highest BCUT2D eigenvalue weighted by Crippen LogP contribution is 2.24. The standard InChI is InChI=1S/C18H21F2N3O2/c1-23(13-6-8-21-9-7-13)18(24)5-4-17-22-11-16(25-17)14-3-2-12(19)10-15(14)20/h2-3,10-11,13,21H,4-9H2,1H3. The zero-order valence-electron chi connectivity index (χ0n) is 14.1. The second-order valence-corrected chi connectivity index (χ2v) is 6.23. The topological polar surface area (TPSA) is 58.4 Å². The second-order valence-electron chi connectivity index (χ2n) is 6.23. The molecule has 25 heavy (non-hydrogen) atoms. The molecule has 1 aliphatic heterocycles. The fraction of sp³-hybridized carbons (Fsp3) is 0.444. The number of aryl methyl sites for hydroxylation is 1. The first kappa shape index (κ1) is 17.5. The molecule has 0 atom stereocenters. The van der Waals surface area contributed by atoms with Gasteiger partial charge in [0.25, 0.3) is 0 Å². The highest BCUT2D eigenvalue weighted by molar-refractivity contribution is 5.76. The number of halogens is 2. The van der Waals surface area contributed by atoms with Crippen LogP contribution in [-0.4, -0.2) is 42.0 Å². The van der Waals surface area contributed by atoms with Gasteiger partial charge in [-0.1, -0.05) is 0 Å². The molecule has 1 fully saturated rings. The number of hydrogen-bond donors (Lipinski definition) is 1. The van der Waals surface area contributed by atoms with Crippen molar-refractivity contribution in [3.05, 3.63) is 41.9 Å². The number of hydrogen-bond acceptors (Lipinski definition) is 4. The molecule has 3 rings (SSSR count). The van der Waals surface area contributed by atoms with E-state index in [0.717, 1.165) is 38.1 Å². The van der Waals surface area contributed by atoms with Crippen molar-refractivity contribution in [2.45, 2.75) is 31.7 Å². The van der Waals surface area contributed by atoms with E-state index in [0.29, 0.717) is 12.3 Å². The van der Waals surface area contributed by atoms with Crippen molar-refractivity contribution < 1.29 is 18.0 Å². The number of nitrogens with one attached hydrogen (secondary N) is 1. The lowest BCUT2D eigenvalue weighted by molar-refractivity contribution is -0.132. The maximum Gasteiger partial charge on any atom is 0.223 e. The minimum Gasteiger partial charge on any atom is -0.441 e. The Balaban J connectivity index is 1.59. The number of carbonyl (C=O) groups excluding carboxylic acids is 1. The summed E-state index contributed by atoms with van der Waals surface area (Å²) in [6.07, 6.45) is 3.93. The van der Waals surface area contributed by atoms with E-state index in [1.54, 1.807) is 4.90 Å². The Kier molecular flexibility index (Phi) is 5.43. The third-order valence-electron chi connectivity index (χ3n) is 4.55. The number of oxazole rings is 1. The van der Waals surface area contributed by atoms with Crippen molar-refractivity contribution in [2.75, 3.05) is 20.1 Å². The number of carbonyl (C=O) groups is 1. The summed E-state index contributed by atoms with van der Waals surface area (Å²) in [4.78, 5) is 18.2. The minimum absolute atomic E-state index is 0.0413. The Morgan fingerprint density at radius 3 is 2.84 bits per heavy atom. The van der Waals surface area contributed by atoms with Crippen molar-refractivity contribution in [3.8, 4) is 11.3 Å².